The molecule has 0 saturated heterocycles. The fraction of sp³-hybridized carbons (Fsp3) is 0.625. The van der Waals surface area contributed by atoms with E-state index in [1.165, 1.54) is 36.0 Å². The number of aryl methyl sites for hydroxylation is 2. The van der Waals surface area contributed by atoms with Gasteiger partial charge in [-0.2, -0.15) is 0 Å². The lowest BCUT2D eigenvalue weighted by Crippen LogP contribution is -2.31. The zero-order valence-electron chi connectivity index (χ0n) is 12.4. The van der Waals surface area contributed by atoms with Crippen LogP contribution in [0.3, 0.4) is 0 Å². The van der Waals surface area contributed by atoms with Gasteiger partial charge < -0.3 is 5.73 Å². The number of unbranched alkanes of at least 4 members (excludes halogenated alkanes) is 2. The zero-order chi connectivity index (χ0) is 13.5. The van der Waals surface area contributed by atoms with Crippen LogP contribution in [0.2, 0.25) is 0 Å². The minimum Gasteiger partial charge on any atom is -0.329 e. The molecule has 0 fully saturated rings. The van der Waals surface area contributed by atoms with Crippen molar-refractivity contribution in [3.05, 3.63) is 34.9 Å². The van der Waals surface area contributed by atoms with Gasteiger partial charge in [0.25, 0.3) is 0 Å². The highest BCUT2D eigenvalue weighted by Gasteiger charge is 2.15. The van der Waals surface area contributed by atoms with Crippen molar-refractivity contribution in [3.63, 3.8) is 0 Å². The highest BCUT2D eigenvalue weighted by Crippen LogP contribution is 2.21. The molecule has 0 saturated carbocycles. The molecule has 0 aliphatic heterocycles. The molecular weight excluding hydrogens is 220 g/mol. The molecule has 0 heterocycles. The van der Waals surface area contributed by atoms with Gasteiger partial charge in [0.15, 0.2) is 0 Å². The average Bonchev–Trinajstić information content (AvgIpc) is 2.35. The predicted molar refractivity (Wildman–Crippen MR) is 79.9 cm³/mol. The van der Waals surface area contributed by atoms with E-state index in [0.29, 0.717) is 12.6 Å². The minimum atomic E-state index is 0.348. The Balaban J connectivity index is 2.72. The van der Waals surface area contributed by atoms with Crippen molar-refractivity contribution in [2.45, 2.75) is 46.1 Å². The second-order valence-electron chi connectivity index (χ2n) is 5.28. The summed E-state index contributed by atoms with van der Waals surface area (Å²) in [5.74, 6) is 0. The Labute approximate surface area is 112 Å². The summed E-state index contributed by atoms with van der Waals surface area (Å²) in [6, 6.07) is 7.05. The second-order valence-corrected chi connectivity index (χ2v) is 5.28. The van der Waals surface area contributed by atoms with Crippen LogP contribution >= 0.6 is 0 Å². The Morgan fingerprint density at radius 3 is 2.44 bits per heavy atom. The third kappa shape index (κ3) is 4.11. The van der Waals surface area contributed by atoms with E-state index in [0.717, 1.165) is 6.54 Å². The molecule has 1 atom stereocenters. The molecule has 0 radical (unpaired) electrons. The lowest BCUT2D eigenvalue weighted by molar-refractivity contribution is 0.245. The Morgan fingerprint density at radius 1 is 1.17 bits per heavy atom. The summed E-state index contributed by atoms with van der Waals surface area (Å²) >= 11 is 0. The molecular formula is C16H28N2. The fourth-order valence-electron chi connectivity index (χ4n) is 2.31. The van der Waals surface area contributed by atoms with E-state index in [1.54, 1.807) is 0 Å². The van der Waals surface area contributed by atoms with Gasteiger partial charge in [0.1, 0.15) is 0 Å². The monoisotopic (exact) mass is 248 g/mol. The summed E-state index contributed by atoms with van der Waals surface area (Å²) in [4.78, 5) is 2.39. The SMILES string of the molecule is CCCCCN(C)C(CN)c1ccc(C)c(C)c1. The van der Waals surface area contributed by atoms with Crippen LogP contribution in [-0.2, 0) is 0 Å². The summed E-state index contributed by atoms with van der Waals surface area (Å²) < 4.78 is 0. The van der Waals surface area contributed by atoms with Crippen LogP contribution in [-0.4, -0.2) is 25.0 Å². The van der Waals surface area contributed by atoms with Crippen molar-refractivity contribution < 1.29 is 0 Å². The maximum absolute atomic E-state index is 5.96. The number of nitrogens with two attached hydrogens (primary N) is 1. The van der Waals surface area contributed by atoms with Gasteiger partial charge in [0, 0.05) is 12.6 Å². The van der Waals surface area contributed by atoms with E-state index < -0.39 is 0 Å². The quantitative estimate of drug-likeness (QED) is 0.749. The van der Waals surface area contributed by atoms with Crippen LogP contribution < -0.4 is 5.73 Å². The number of hydrogen-bond donors (Lipinski definition) is 1. The molecule has 2 nitrogen and oxygen atoms in total. The standard InChI is InChI=1S/C16H28N2/c1-5-6-7-10-18(4)16(12-17)15-9-8-13(2)14(3)11-15/h8-9,11,16H,5-7,10,12,17H2,1-4H3. The van der Waals surface area contributed by atoms with Crippen LogP contribution in [0.15, 0.2) is 18.2 Å². The van der Waals surface area contributed by atoms with Crippen LogP contribution in [0.5, 0.6) is 0 Å². The molecule has 0 bridgehead atoms. The van der Waals surface area contributed by atoms with Crippen molar-refractivity contribution in [1.82, 2.24) is 4.90 Å². The van der Waals surface area contributed by atoms with Gasteiger partial charge in [0.2, 0.25) is 0 Å². The van der Waals surface area contributed by atoms with Crippen molar-refractivity contribution in [2.24, 2.45) is 5.73 Å². The maximum atomic E-state index is 5.96. The summed E-state index contributed by atoms with van der Waals surface area (Å²) in [5, 5.41) is 0. The molecule has 2 heteroatoms. The van der Waals surface area contributed by atoms with Crippen molar-refractivity contribution in [3.8, 4) is 0 Å². The summed E-state index contributed by atoms with van der Waals surface area (Å²) in [5.41, 5.74) is 10.0. The molecule has 1 rings (SSSR count). The number of hydrogen-bond acceptors (Lipinski definition) is 2. The lowest BCUT2D eigenvalue weighted by Gasteiger charge is -2.27. The molecule has 0 spiro atoms. The summed E-state index contributed by atoms with van der Waals surface area (Å²) in [7, 11) is 2.18. The third-order valence-corrected chi connectivity index (χ3v) is 3.79. The number of likely N-dealkylation sites (N-methyl/N-ethyl adjacent to an activating group) is 1. The van der Waals surface area contributed by atoms with Crippen molar-refractivity contribution >= 4 is 0 Å². The zero-order valence-corrected chi connectivity index (χ0v) is 12.4. The maximum Gasteiger partial charge on any atom is 0.0467 e. The number of rotatable bonds is 7. The Bertz CT molecular complexity index is 360. The molecule has 1 unspecified atom stereocenters. The molecule has 0 aromatic heterocycles. The van der Waals surface area contributed by atoms with E-state index in [4.69, 9.17) is 5.73 Å². The highest BCUT2D eigenvalue weighted by atomic mass is 15.1. The largest absolute Gasteiger partial charge is 0.329 e. The van der Waals surface area contributed by atoms with Crippen LogP contribution in [0.1, 0.15) is 48.9 Å². The van der Waals surface area contributed by atoms with E-state index >= 15 is 0 Å². The van der Waals surface area contributed by atoms with E-state index in [1.807, 2.05) is 0 Å². The predicted octanol–water partition coefficient (Wildman–Crippen LogP) is 3.43. The van der Waals surface area contributed by atoms with Crippen LogP contribution in [0, 0.1) is 13.8 Å². The van der Waals surface area contributed by atoms with E-state index in [2.05, 4.69) is 50.9 Å². The first kappa shape index (κ1) is 15.2. The average molecular weight is 248 g/mol. The minimum absolute atomic E-state index is 0.348. The van der Waals surface area contributed by atoms with Gasteiger partial charge in [-0.25, -0.2) is 0 Å². The molecule has 0 aliphatic carbocycles. The van der Waals surface area contributed by atoms with Gasteiger partial charge in [-0.1, -0.05) is 38.0 Å². The van der Waals surface area contributed by atoms with Gasteiger partial charge in [-0.15, -0.1) is 0 Å². The molecule has 1 aromatic carbocycles. The first-order valence-electron chi connectivity index (χ1n) is 7.07. The van der Waals surface area contributed by atoms with Gasteiger partial charge in [-0.3, -0.25) is 4.90 Å². The molecule has 2 N–H and O–H groups in total. The Hall–Kier alpha value is -0.860. The molecule has 102 valence electrons. The van der Waals surface area contributed by atoms with Gasteiger partial charge >= 0.3 is 0 Å². The molecule has 0 amide bonds. The molecule has 0 aliphatic rings. The highest BCUT2D eigenvalue weighted by molar-refractivity contribution is 5.31. The van der Waals surface area contributed by atoms with Crippen LogP contribution in [0.25, 0.3) is 0 Å². The van der Waals surface area contributed by atoms with E-state index in [-0.39, 0.29) is 0 Å². The molecule has 1 aromatic rings. The van der Waals surface area contributed by atoms with Gasteiger partial charge in [0.05, 0.1) is 0 Å². The number of nitrogens with zero attached hydrogens (tertiary/aromatic N) is 1. The Kier molecular flexibility index (Phi) is 6.37. The van der Waals surface area contributed by atoms with Gasteiger partial charge in [-0.05, 0) is 50.6 Å². The Morgan fingerprint density at radius 2 is 1.89 bits per heavy atom. The lowest BCUT2D eigenvalue weighted by atomic mass is 10.00. The third-order valence-electron chi connectivity index (χ3n) is 3.79. The summed E-state index contributed by atoms with van der Waals surface area (Å²) in [6.07, 6.45) is 3.83. The normalized spacial score (nSPS) is 13.0. The second kappa shape index (κ2) is 7.55. The molecule has 18 heavy (non-hydrogen) atoms. The van der Waals surface area contributed by atoms with Crippen LogP contribution in [0.4, 0.5) is 0 Å². The topological polar surface area (TPSA) is 29.3 Å². The summed E-state index contributed by atoms with van der Waals surface area (Å²) in [6.45, 7) is 8.38. The van der Waals surface area contributed by atoms with E-state index in [9.17, 15) is 0 Å². The first-order valence-corrected chi connectivity index (χ1v) is 7.07. The smallest absolute Gasteiger partial charge is 0.0467 e. The van der Waals surface area contributed by atoms with Crippen molar-refractivity contribution in [1.29, 1.82) is 0 Å². The fourth-order valence-corrected chi connectivity index (χ4v) is 2.31. The van der Waals surface area contributed by atoms with Crippen molar-refractivity contribution in [2.75, 3.05) is 20.1 Å². The number of benzene rings is 1. The first-order chi connectivity index (χ1) is 8.60.